The standard InChI is InChI=1S/C21H19ClN2O4/c22-14-4-1-3-13(9-14)10-23-19(25)17-16-6-7-21(28-16)12-24(20(26)18(17)21)11-15-5-2-8-27-15/h1-9,16-18H,10-12H2,(H,23,25)/t16-,17-,18-,21-/m1/s1. The molecule has 4 atom stereocenters. The first kappa shape index (κ1) is 17.5. The van der Waals surface area contributed by atoms with Crippen LogP contribution in [0.3, 0.4) is 0 Å². The van der Waals surface area contributed by atoms with Gasteiger partial charge in [0.1, 0.15) is 11.4 Å². The van der Waals surface area contributed by atoms with Gasteiger partial charge in [-0.25, -0.2) is 0 Å². The molecule has 6 nitrogen and oxygen atoms in total. The Balaban J connectivity index is 1.32. The van der Waals surface area contributed by atoms with Gasteiger partial charge in [0.2, 0.25) is 11.8 Å². The summed E-state index contributed by atoms with van der Waals surface area (Å²) in [7, 11) is 0. The number of fused-ring (bicyclic) bond motifs is 1. The number of nitrogens with one attached hydrogen (secondary N) is 1. The first-order valence-electron chi connectivity index (χ1n) is 9.26. The van der Waals surface area contributed by atoms with Gasteiger partial charge in [-0.15, -0.1) is 0 Å². The second kappa shape index (κ2) is 6.50. The summed E-state index contributed by atoms with van der Waals surface area (Å²) in [5, 5.41) is 3.56. The maximum absolute atomic E-state index is 13.1. The third kappa shape index (κ3) is 2.75. The number of benzene rings is 1. The Morgan fingerprint density at radius 3 is 3.00 bits per heavy atom. The minimum absolute atomic E-state index is 0.0637. The monoisotopic (exact) mass is 398 g/mol. The van der Waals surface area contributed by atoms with Crippen molar-refractivity contribution in [3.8, 4) is 0 Å². The number of hydrogen-bond acceptors (Lipinski definition) is 4. The van der Waals surface area contributed by atoms with Gasteiger partial charge >= 0.3 is 0 Å². The molecule has 1 aromatic heterocycles. The summed E-state index contributed by atoms with van der Waals surface area (Å²) in [5.74, 6) is -0.555. The molecular weight excluding hydrogens is 380 g/mol. The van der Waals surface area contributed by atoms with Crippen LogP contribution in [0.5, 0.6) is 0 Å². The van der Waals surface area contributed by atoms with E-state index in [2.05, 4.69) is 5.32 Å². The van der Waals surface area contributed by atoms with Crippen molar-refractivity contribution in [3.05, 3.63) is 71.2 Å². The highest BCUT2D eigenvalue weighted by Crippen LogP contribution is 2.52. The van der Waals surface area contributed by atoms with Crippen LogP contribution < -0.4 is 5.32 Å². The van der Waals surface area contributed by atoms with E-state index in [4.69, 9.17) is 20.8 Å². The number of rotatable bonds is 5. The van der Waals surface area contributed by atoms with E-state index in [0.717, 1.165) is 5.56 Å². The van der Waals surface area contributed by atoms with Crippen LogP contribution in [0.25, 0.3) is 0 Å². The Labute approximate surface area is 167 Å². The molecule has 2 aromatic rings. The Bertz CT molecular complexity index is 957. The molecule has 1 N–H and O–H groups in total. The Kier molecular flexibility index (Phi) is 4.07. The van der Waals surface area contributed by atoms with Crippen molar-refractivity contribution in [3.63, 3.8) is 0 Å². The molecule has 0 unspecified atom stereocenters. The van der Waals surface area contributed by atoms with Crippen LogP contribution in [0.4, 0.5) is 0 Å². The van der Waals surface area contributed by atoms with E-state index in [-0.39, 0.29) is 17.9 Å². The first-order chi connectivity index (χ1) is 13.6. The molecule has 5 rings (SSSR count). The Hall–Kier alpha value is -2.57. The molecule has 2 amide bonds. The number of furan rings is 1. The van der Waals surface area contributed by atoms with Gasteiger partial charge in [0, 0.05) is 11.6 Å². The predicted molar refractivity (Wildman–Crippen MR) is 101 cm³/mol. The number of ether oxygens (including phenoxy) is 1. The van der Waals surface area contributed by atoms with Crippen LogP contribution in [0.1, 0.15) is 11.3 Å². The third-order valence-corrected chi connectivity index (χ3v) is 6.00. The van der Waals surface area contributed by atoms with Gasteiger partial charge in [0.25, 0.3) is 0 Å². The zero-order valence-electron chi connectivity index (χ0n) is 15.0. The number of amides is 2. The van der Waals surface area contributed by atoms with Crippen LogP contribution in [0.15, 0.2) is 59.2 Å². The summed E-state index contributed by atoms with van der Waals surface area (Å²) in [5.41, 5.74) is 0.194. The number of halogens is 1. The Morgan fingerprint density at radius 1 is 1.32 bits per heavy atom. The van der Waals surface area contributed by atoms with Crippen LogP contribution in [-0.4, -0.2) is 35.0 Å². The lowest BCUT2D eigenvalue weighted by Gasteiger charge is -2.23. The first-order valence-corrected chi connectivity index (χ1v) is 9.64. The molecule has 4 heterocycles. The zero-order valence-corrected chi connectivity index (χ0v) is 15.8. The molecular formula is C21H19ClN2O4. The van der Waals surface area contributed by atoms with Gasteiger partial charge in [0.05, 0.1) is 37.3 Å². The molecule has 0 saturated carbocycles. The van der Waals surface area contributed by atoms with Crippen molar-refractivity contribution in [1.82, 2.24) is 10.2 Å². The summed E-state index contributed by atoms with van der Waals surface area (Å²) in [6.45, 7) is 1.17. The fourth-order valence-corrected chi connectivity index (χ4v) is 4.77. The van der Waals surface area contributed by atoms with Gasteiger partial charge < -0.3 is 19.4 Å². The van der Waals surface area contributed by atoms with Crippen molar-refractivity contribution in [2.45, 2.75) is 24.8 Å². The molecule has 2 bridgehead atoms. The van der Waals surface area contributed by atoms with Gasteiger partial charge in [-0.2, -0.15) is 0 Å². The van der Waals surface area contributed by atoms with E-state index in [1.165, 1.54) is 0 Å². The second-order valence-electron chi connectivity index (χ2n) is 7.52. The van der Waals surface area contributed by atoms with E-state index >= 15 is 0 Å². The highest BCUT2D eigenvalue weighted by atomic mass is 35.5. The quantitative estimate of drug-likeness (QED) is 0.785. The largest absolute Gasteiger partial charge is 0.467 e. The summed E-state index contributed by atoms with van der Waals surface area (Å²) in [4.78, 5) is 27.8. The molecule has 0 radical (unpaired) electrons. The van der Waals surface area contributed by atoms with Crippen molar-refractivity contribution >= 4 is 23.4 Å². The molecule has 3 aliphatic heterocycles. The number of nitrogens with zero attached hydrogens (tertiary/aromatic N) is 1. The molecule has 1 spiro atoms. The maximum atomic E-state index is 13.1. The highest BCUT2D eigenvalue weighted by Gasteiger charge is 2.66. The lowest BCUT2D eigenvalue weighted by Crippen LogP contribution is -2.43. The summed E-state index contributed by atoms with van der Waals surface area (Å²) in [6.07, 6.45) is 5.08. The van der Waals surface area contributed by atoms with Crippen LogP contribution in [0, 0.1) is 11.8 Å². The molecule has 144 valence electrons. The summed E-state index contributed by atoms with van der Waals surface area (Å²) < 4.78 is 11.5. The van der Waals surface area contributed by atoms with E-state index in [1.807, 2.05) is 36.4 Å². The molecule has 2 saturated heterocycles. The fourth-order valence-electron chi connectivity index (χ4n) is 4.56. The summed E-state index contributed by atoms with van der Waals surface area (Å²) in [6, 6.07) is 11.0. The average Bonchev–Trinajstić information content (AvgIpc) is 3.43. The fraction of sp³-hybridized carbons (Fsp3) is 0.333. The predicted octanol–water partition coefficient (Wildman–Crippen LogP) is 2.53. The maximum Gasteiger partial charge on any atom is 0.230 e. The van der Waals surface area contributed by atoms with Gasteiger partial charge in [-0.1, -0.05) is 35.9 Å². The van der Waals surface area contributed by atoms with Gasteiger partial charge in [-0.3, -0.25) is 9.59 Å². The molecule has 3 aliphatic rings. The molecule has 1 aromatic carbocycles. The lowest BCUT2D eigenvalue weighted by atomic mass is 9.77. The van der Waals surface area contributed by atoms with E-state index in [1.54, 1.807) is 23.3 Å². The zero-order chi connectivity index (χ0) is 19.3. The molecule has 2 fully saturated rings. The normalized spacial score (nSPS) is 30.1. The van der Waals surface area contributed by atoms with Crippen molar-refractivity contribution in [1.29, 1.82) is 0 Å². The van der Waals surface area contributed by atoms with Crippen molar-refractivity contribution < 1.29 is 18.7 Å². The average molecular weight is 399 g/mol. The van der Waals surface area contributed by atoms with E-state index in [0.29, 0.717) is 30.4 Å². The van der Waals surface area contributed by atoms with Crippen LogP contribution >= 0.6 is 11.6 Å². The third-order valence-electron chi connectivity index (χ3n) is 5.76. The number of carbonyl (C=O) groups excluding carboxylic acids is 2. The molecule has 0 aliphatic carbocycles. The molecule has 7 heteroatoms. The summed E-state index contributed by atoms with van der Waals surface area (Å²) >= 11 is 6.00. The number of carbonyl (C=O) groups is 2. The second-order valence-corrected chi connectivity index (χ2v) is 7.96. The topological polar surface area (TPSA) is 71.8 Å². The van der Waals surface area contributed by atoms with Gasteiger partial charge in [-0.05, 0) is 29.8 Å². The van der Waals surface area contributed by atoms with Gasteiger partial charge in [0.15, 0.2) is 0 Å². The van der Waals surface area contributed by atoms with Crippen molar-refractivity contribution in [2.24, 2.45) is 11.8 Å². The van der Waals surface area contributed by atoms with E-state index < -0.39 is 17.4 Å². The Morgan fingerprint density at radius 2 is 2.21 bits per heavy atom. The number of likely N-dealkylation sites (tertiary alicyclic amines) is 1. The lowest BCUT2D eigenvalue weighted by molar-refractivity contribution is -0.138. The minimum atomic E-state index is -0.716. The van der Waals surface area contributed by atoms with E-state index in [9.17, 15) is 9.59 Å². The minimum Gasteiger partial charge on any atom is -0.467 e. The molecule has 28 heavy (non-hydrogen) atoms. The number of hydrogen-bond donors (Lipinski definition) is 1. The van der Waals surface area contributed by atoms with Crippen LogP contribution in [0.2, 0.25) is 5.02 Å². The van der Waals surface area contributed by atoms with Crippen molar-refractivity contribution in [2.75, 3.05) is 6.54 Å². The smallest absolute Gasteiger partial charge is 0.230 e. The van der Waals surface area contributed by atoms with Crippen LogP contribution in [-0.2, 0) is 27.4 Å². The SMILES string of the molecule is O=C(NCc1cccc(Cl)c1)[C@@H]1[C@H]2C=C[C@]3(CN(Cc4ccco4)C(=O)[C@@H]13)O2. The highest BCUT2D eigenvalue weighted by molar-refractivity contribution is 6.30.